The molecule has 44 heavy (non-hydrogen) atoms. The third-order valence-corrected chi connectivity index (χ3v) is 11.3. The van der Waals surface area contributed by atoms with Gasteiger partial charge in [-0.2, -0.15) is 0 Å². The van der Waals surface area contributed by atoms with Crippen molar-refractivity contribution in [3.05, 3.63) is 73.6 Å². The Morgan fingerprint density at radius 2 is 0.955 bits per heavy atom. The molecule has 3 aromatic rings. The van der Waals surface area contributed by atoms with E-state index in [1.807, 2.05) is 0 Å². The second kappa shape index (κ2) is 16.7. The van der Waals surface area contributed by atoms with E-state index in [1.165, 1.54) is 86.4 Å². The number of rotatable bonds is 7. The minimum atomic E-state index is -3.77. The van der Waals surface area contributed by atoms with Gasteiger partial charge in [0.15, 0.2) is 0 Å². The van der Waals surface area contributed by atoms with Gasteiger partial charge in [0.05, 0.1) is 0 Å². The van der Waals surface area contributed by atoms with E-state index in [1.54, 1.807) is 0 Å². The molecule has 5 rings (SSSR count). The van der Waals surface area contributed by atoms with Gasteiger partial charge < -0.3 is 11.5 Å². The van der Waals surface area contributed by atoms with Gasteiger partial charge in [0, 0.05) is 73.5 Å². The molecule has 0 spiro atoms. The lowest BCUT2D eigenvalue weighted by Crippen LogP contribution is -2.53. The van der Waals surface area contributed by atoms with E-state index in [-0.39, 0.29) is 28.2 Å². The summed E-state index contributed by atoms with van der Waals surface area (Å²) in [6, 6.07) is 8.38. The smallest absolute Gasteiger partial charge is 0.262 e. The molecule has 17 heteroatoms. The van der Waals surface area contributed by atoms with E-state index in [0.717, 1.165) is 25.7 Å². The Morgan fingerprint density at radius 1 is 0.614 bits per heavy atom. The van der Waals surface area contributed by atoms with E-state index in [0.29, 0.717) is 12.8 Å². The van der Waals surface area contributed by atoms with E-state index in [4.69, 9.17) is 22.1 Å². The minimum Gasteiger partial charge on any atom is -0.326 e. The van der Waals surface area contributed by atoms with Crippen LogP contribution in [-0.4, -0.2) is 64.4 Å². The Morgan fingerprint density at radius 3 is 1.23 bits per heavy atom. The van der Waals surface area contributed by atoms with Crippen LogP contribution in [0.4, 0.5) is 0 Å². The number of pyridine rings is 3. The van der Waals surface area contributed by atoms with Crippen LogP contribution < -0.4 is 20.9 Å². The van der Waals surface area contributed by atoms with Gasteiger partial charge in [0.1, 0.15) is 14.7 Å². The fourth-order valence-electron chi connectivity index (χ4n) is 4.64. The molecule has 0 bridgehead atoms. The maximum atomic E-state index is 12.5. The summed E-state index contributed by atoms with van der Waals surface area (Å²) in [6.07, 6.45) is 15.7. The summed E-state index contributed by atoms with van der Waals surface area (Å²) in [5.74, 6) is 0. The van der Waals surface area contributed by atoms with Crippen molar-refractivity contribution < 1.29 is 26.7 Å². The van der Waals surface area contributed by atoms with Crippen molar-refractivity contribution in [2.75, 3.05) is 0 Å². The van der Waals surface area contributed by atoms with Crippen molar-refractivity contribution in [2.24, 2.45) is 11.5 Å². The fourth-order valence-corrected chi connectivity index (χ4v) is 7.89. The molecular weight excluding hydrogens is 650 g/mol. The molecule has 13 nitrogen and oxygen atoms in total. The van der Waals surface area contributed by atoms with Crippen LogP contribution in [0.2, 0.25) is 0 Å². The van der Waals surface area contributed by atoms with Crippen LogP contribution in [0.15, 0.2) is 88.3 Å². The van der Waals surface area contributed by atoms with Gasteiger partial charge in [-0.25, -0.2) is 34.7 Å². The molecule has 3 aromatic heterocycles. The number of nitrogens with two attached hydrogens (primary N) is 2. The second-order valence-electron chi connectivity index (χ2n) is 10.4. The average molecular weight is 692 g/mol. The van der Waals surface area contributed by atoms with Crippen LogP contribution in [-0.2, 0) is 29.1 Å². The monoisotopic (exact) mass is 691 g/mol. The molecule has 0 unspecified atom stereocenters. The lowest BCUT2D eigenvalue weighted by Gasteiger charge is -2.32. The van der Waals surface area contributed by atoms with E-state index in [9.17, 15) is 25.3 Å². The van der Waals surface area contributed by atoms with Gasteiger partial charge in [-0.1, -0.05) is 25.7 Å². The Kier molecular flexibility index (Phi) is 13.6. The predicted molar refractivity (Wildman–Crippen MR) is 169 cm³/mol. The molecule has 2 saturated carbocycles. The van der Waals surface area contributed by atoms with Crippen molar-refractivity contribution in [3.8, 4) is 0 Å². The zero-order chi connectivity index (χ0) is 32.2. The number of nitrogens with one attached hydrogen (secondary N) is 2. The molecule has 0 aromatic carbocycles. The number of sulfonamides is 2. The third-order valence-electron chi connectivity index (χ3n) is 7.06. The summed E-state index contributed by atoms with van der Waals surface area (Å²) >= 11 is 0. The lowest BCUT2D eigenvalue weighted by atomic mass is 9.92. The van der Waals surface area contributed by atoms with Crippen LogP contribution in [0.3, 0.4) is 0 Å². The van der Waals surface area contributed by atoms with Crippen LogP contribution in [0.1, 0.15) is 52.8 Å². The van der Waals surface area contributed by atoms with Gasteiger partial charge >= 0.3 is 0 Å². The summed E-state index contributed by atoms with van der Waals surface area (Å²) in [4.78, 5) is 11.4. The van der Waals surface area contributed by atoms with Crippen LogP contribution >= 0.6 is 10.7 Å². The number of hydrogen-bond donors (Lipinski definition) is 4. The summed E-state index contributed by atoms with van der Waals surface area (Å²) in [7, 11) is -6.15. The van der Waals surface area contributed by atoms with Gasteiger partial charge in [-0.15, -0.1) is 0 Å². The fraction of sp³-hybridized carbons (Fsp3) is 0.444. The van der Waals surface area contributed by atoms with Gasteiger partial charge in [-0.3, -0.25) is 15.0 Å². The SMILES string of the molecule is N[C@@H]1CCCC[C@H]1N.O=S(=O)(Cl)c1cccnc1.O=S(=O)(N[C@@H]1CCCC[C@H]1NS(=O)(=O)c1cccnc1)c1cccnc1.[3HH]. The van der Waals surface area contributed by atoms with Crippen LogP contribution in [0.5, 0.6) is 0 Å². The summed E-state index contributed by atoms with van der Waals surface area (Å²) < 4.78 is 76.5. The second-order valence-corrected chi connectivity index (χ2v) is 16.4. The standard InChI is InChI=1S/C16H20N4O4S2.C6H14N2.C5H4ClNO2S.H2/c21-25(22,13-5-3-9-17-11-13)19-15-7-1-2-8-16(15)20-26(23,24)14-6-4-10-18-12-14;7-5-3-1-2-4-6(5)8;6-10(8,9)5-2-1-3-7-4-5;/h3-6,9-12,15-16,19-20H,1-2,7-8H2;5-6H,1-4,7-8H2;1-4H;1H/t15-,16-;5-,6-;;/m11../s1/i;;;1+2. The highest BCUT2D eigenvalue weighted by atomic mass is 35.7. The van der Waals surface area contributed by atoms with Crippen LogP contribution in [0.25, 0.3) is 0 Å². The Balaban J connectivity index is 0.000000303. The molecule has 3 heterocycles. The maximum absolute atomic E-state index is 12.5. The van der Waals surface area contributed by atoms with Crippen LogP contribution in [0, 0.1) is 0 Å². The number of aromatic nitrogens is 3. The first-order valence-corrected chi connectivity index (χ1v) is 19.3. The molecule has 0 aliphatic heterocycles. The van der Waals surface area contributed by atoms with Gasteiger partial charge in [0.25, 0.3) is 9.05 Å². The van der Waals surface area contributed by atoms with Crippen molar-refractivity contribution in [1.29, 1.82) is 0 Å². The number of halogens is 1. The van der Waals surface area contributed by atoms with Crippen molar-refractivity contribution in [2.45, 2.75) is 90.2 Å². The largest absolute Gasteiger partial charge is 0.326 e. The molecule has 0 saturated heterocycles. The topological polar surface area (TPSA) is 217 Å². The molecule has 244 valence electrons. The lowest BCUT2D eigenvalue weighted by molar-refractivity contribution is 0.340. The summed E-state index contributed by atoms with van der Waals surface area (Å²) in [6.45, 7) is 0. The van der Waals surface area contributed by atoms with E-state index < -0.39 is 41.2 Å². The third kappa shape index (κ3) is 11.4. The summed E-state index contributed by atoms with van der Waals surface area (Å²) in [5, 5.41) is 0. The highest BCUT2D eigenvalue weighted by Gasteiger charge is 2.33. The van der Waals surface area contributed by atoms with E-state index in [2.05, 4.69) is 24.4 Å². The maximum Gasteiger partial charge on any atom is 0.262 e. The molecule has 2 aliphatic carbocycles. The number of nitrogens with zero attached hydrogens (tertiary/aromatic N) is 3. The predicted octanol–water partition coefficient (Wildman–Crippen LogP) is 2.51. The quantitative estimate of drug-likeness (QED) is 0.264. The average Bonchev–Trinajstić information content (AvgIpc) is 3.01. The Hall–Kier alpha value is -2.57. The molecule has 4 atom stereocenters. The Labute approximate surface area is 265 Å². The van der Waals surface area contributed by atoms with Gasteiger partial charge in [0.2, 0.25) is 20.0 Å². The molecule has 0 radical (unpaired) electrons. The van der Waals surface area contributed by atoms with Crippen molar-refractivity contribution >= 4 is 39.8 Å². The Bertz CT molecular complexity index is 1540. The highest BCUT2D eigenvalue weighted by Crippen LogP contribution is 2.22. The van der Waals surface area contributed by atoms with Crippen molar-refractivity contribution in [3.63, 3.8) is 0 Å². The van der Waals surface area contributed by atoms with Crippen molar-refractivity contribution in [1.82, 2.24) is 24.4 Å². The normalized spacial score (nSPS) is 22.4. The molecule has 0 amide bonds. The zero-order valence-corrected chi connectivity index (χ0v) is 27.1. The van der Waals surface area contributed by atoms with Gasteiger partial charge in [-0.05, 0) is 62.1 Å². The highest BCUT2D eigenvalue weighted by molar-refractivity contribution is 8.13. The minimum absolute atomic E-state index is 0. The zero-order valence-electron chi connectivity index (χ0n) is 23.9. The first-order valence-electron chi connectivity index (χ1n) is 14.0. The first-order chi connectivity index (χ1) is 20.8. The molecule has 2 aliphatic rings. The van der Waals surface area contributed by atoms with E-state index >= 15 is 0 Å². The molecule has 6 N–H and O–H groups in total. The number of hydrogen-bond acceptors (Lipinski definition) is 11. The molecule has 2 fully saturated rings. The first kappa shape index (κ1) is 35.9. The summed E-state index contributed by atoms with van der Waals surface area (Å²) in [5.41, 5.74) is 11.3. The molecular formula is C27H40ClN7O6S3.